The molecule has 0 aromatic heterocycles. The minimum absolute atomic E-state index is 0.246. The normalized spacial score (nSPS) is 10.9. The summed E-state index contributed by atoms with van der Waals surface area (Å²) in [5, 5.41) is 6.53. The molecule has 0 aliphatic carbocycles. The van der Waals surface area contributed by atoms with Crippen LogP contribution in [0.15, 0.2) is 10.2 Å². The highest BCUT2D eigenvalue weighted by Crippen LogP contribution is 1.60. The predicted octanol–water partition coefficient (Wildman–Crippen LogP) is -1.58. The van der Waals surface area contributed by atoms with Gasteiger partial charge in [-0.2, -0.15) is 10.2 Å². The fourth-order valence-electron chi connectivity index (χ4n) is 0.218. The second kappa shape index (κ2) is 4.07. The molecule has 0 aliphatic rings. The number of hydrogen-bond donors (Lipinski definition) is 3. The molecule has 5 nitrogen and oxygen atoms in total. The summed E-state index contributed by atoms with van der Waals surface area (Å²) in [6.07, 6.45) is 0. The first-order valence-electron chi connectivity index (χ1n) is 2.03. The van der Waals surface area contributed by atoms with Gasteiger partial charge >= 0.3 is 0 Å². The maximum atomic E-state index is 5.11. The Balaban J connectivity index is 3.53. The Labute approximate surface area is 47.4 Å². The van der Waals surface area contributed by atoms with Gasteiger partial charge in [-0.3, -0.25) is 5.43 Å². The molecule has 0 saturated heterocycles. The Bertz CT molecular complexity index is 95.8. The van der Waals surface area contributed by atoms with E-state index >= 15 is 0 Å². The average molecular weight is 115 g/mol. The Morgan fingerprint density at radius 2 is 2.38 bits per heavy atom. The number of rotatable bonds is 2. The smallest absolute Gasteiger partial charge is 0.155 e. The molecule has 0 heterocycles. The molecule has 0 fully saturated rings. The summed E-state index contributed by atoms with van der Waals surface area (Å²) in [7, 11) is 0. The van der Waals surface area contributed by atoms with Crippen molar-refractivity contribution in [2.45, 2.75) is 0 Å². The van der Waals surface area contributed by atoms with Crippen LogP contribution in [-0.2, 0) is 0 Å². The molecule has 0 aromatic carbocycles. The van der Waals surface area contributed by atoms with E-state index in [-0.39, 0.29) is 6.54 Å². The van der Waals surface area contributed by atoms with E-state index in [2.05, 4.69) is 22.3 Å². The highest BCUT2D eigenvalue weighted by Gasteiger charge is 1.86. The molecule has 0 aliphatic heterocycles. The molecular formula is C3H9N5. The second-order valence-electron chi connectivity index (χ2n) is 1.05. The summed E-state index contributed by atoms with van der Waals surface area (Å²) in [6, 6.07) is 0. The van der Waals surface area contributed by atoms with Crippen LogP contribution in [-0.4, -0.2) is 19.1 Å². The molecule has 5 heteroatoms. The Morgan fingerprint density at radius 1 is 1.75 bits per heavy atom. The van der Waals surface area contributed by atoms with Crippen molar-refractivity contribution in [2.24, 2.45) is 21.8 Å². The van der Waals surface area contributed by atoms with E-state index < -0.39 is 0 Å². The van der Waals surface area contributed by atoms with E-state index in [1.807, 2.05) is 0 Å². The van der Waals surface area contributed by atoms with Crippen LogP contribution in [0.5, 0.6) is 0 Å². The monoisotopic (exact) mass is 115 g/mol. The zero-order valence-corrected chi connectivity index (χ0v) is 4.46. The topological polar surface area (TPSA) is 88.8 Å². The van der Waals surface area contributed by atoms with Crippen LogP contribution in [0.3, 0.4) is 0 Å². The van der Waals surface area contributed by atoms with E-state index in [4.69, 9.17) is 11.6 Å². The number of amidine groups is 1. The highest BCUT2D eigenvalue weighted by atomic mass is 15.3. The van der Waals surface area contributed by atoms with Crippen molar-refractivity contribution in [3.05, 3.63) is 0 Å². The summed E-state index contributed by atoms with van der Waals surface area (Å²) >= 11 is 0. The first kappa shape index (κ1) is 6.90. The summed E-state index contributed by atoms with van der Waals surface area (Å²) < 4.78 is 0. The van der Waals surface area contributed by atoms with Crippen LogP contribution < -0.4 is 17.0 Å². The maximum absolute atomic E-state index is 5.11. The predicted molar refractivity (Wildman–Crippen MR) is 33.4 cm³/mol. The molecule has 0 bridgehead atoms. The molecule has 0 radical (unpaired) electrons. The third-order valence-electron chi connectivity index (χ3n) is 0.557. The quantitative estimate of drug-likeness (QED) is 0.176. The molecule has 46 valence electrons. The van der Waals surface area contributed by atoms with E-state index in [1.165, 1.54) is 0 Å². The van der Waals surface area contributed by atoms with Gasteiger partial charge in [0.1, 0.15) is 0 Å². The van der Waals surface area contributed by atoms with Crippen LogP contribution in [0.2, 0.25) is 0 Å². The lowest BCUT2D eigenvalue weighted by molar-refractivity contribution is 0.980. The minimum Gasteiger partial charge on any atom is -0.324 e. The van der Waals surface area contributed by atoms with Gasteiger partial charge in [0.2, 0.25) is 0 Å². The number of hydrazone groups is 2. The van der Waals surface area contributed by atoms with Crippen LogP contribution >= 0.6 is 0 Å². The van der Waals surface area contributed by atoms with Gasteiger partial charge in [-0.15, -0.1) is 0 Å². The lowest BCUT2D eigenvalue weighted by atomic mass is 10.6. The van der Waals surface area contributed by atoms with Crippen LogP contribution in [0.4, 0.5) is 0 Å². The molecule has 0 saturated carbocycles. The minimum atomic E-state index is 0.246. The first-order valence-corrected chi connectivity index (χ1v) is 2.03. The van der Waals surface area contributed by atoms with Gasteiger partial charge in [-0.25, -0.2) is 0 Å². The molecule has 0 amide bonds. The maximum Gasteiger partial charge on any atom is 0.155 e. The standard InChI is InChI=1S/C3H9N5/c1-6-8-3(2-4)7-5/h1-2,4-5H2,(H,7,8). The largest absolute Gasteiger partial charge is 0.324 e. The number of nitrogens with zero attached hydrogens (tertiary/aromatic N) is 2. The van der Waals surface area contributed by atoms with Crippen LogP contribution in [0.1, 0.15) is 0 Å². The third kappa shape index (κ3) is 2.14. The lowest BCUT2D eigenvalue weighted by Gasteiger charge is -1.95. The van der Waals surface area contributed by atoms with Crippen molar-refractivity contribution >= 4 is 12.6 Å². The molecule has 0 aromatic rings. The summed E-state index contributed by atoms with van der Waals surface area (Å²) in [5.74, 6) is 5.24. The summed E-state index contributed by atoms with van der Waals surface area (Å²) in [4.78, 5) is 0. The SMILES string of the molecule is C=NNC(CN)=NN. The number of hydrogen-bond acceptors (Lipinski definition) is 4. The fourth-order valence-corrected chi connectivity index (χ4v) is 0.218. The fraction of sp³-hybridized carbons (Fsp3) is 0.333. The van der Waals surface area contributed by atoms with Gasteiger partial charge in [0.25, 0.3) is 0 Å². The molecule has 0 unspecified atom stereocenters. The van der Waals surface area contributed by atoms with Crippen LogP contribution in [0, 0.1) is 0 Å². The number of nitrogens with two attached hydrogens (primary N) is 2. The molecule has 0 spiro atoms. The van der Waals surface area contributed by atoms with Gasteiger partial charge in [0.05, 0.1) is 6.54 Å². The Hall–Kier alpha value is -1.10. The van der Waals surface area contributed by atoms with Gasteiger partial charge in [-0.1, -0.05) is 0 Å². The van der Waals surface area contributed by atoms with E-state index in [9.17, 15) is 0 Å². The van der Waals surface area contributed by atoms with Gasteiger partial charge in [0, 0.05) is 6.72 Å². The van der Waals surface area contributed by atoms with Crippen molar-refractivity contribution in [3.63, 3.8) is 0 Å². The average Bonchev–Trinajstić information content (AvgIpc) is 1.83. The summed E-state index contributed by atoms with van der Waals surface area (Å²) in [6.45, 7) is 3.39. The van der Waals surface area contributed by atoms with E-state index in [1.54, 1.807) is 0 Å². The second-order valence-corrected chi connectivity index (χ2v) is 1.05. The first-order chi connectivity index (χ1) is 3.85. The molecular weight excluding hydrogens is 106 g/mol. The lowest BCUT2D eigenvalue weighted by Crippen LogP contribution is -2.27. The highest BCUT2D eigenvalue weighted by molar-refractivity contribution is 5.83. The summed E-state index contributed by atoms with van der Waals surface area (Å²) in [5.41, 5.74) is 7.50. The molecule has 0 atom stereocenters. The Morgan fingerprint density at radius 3 is 2.50 bits per heavy atom. The molecule has 5 N–H and O–H groups in total. The van der Waals surface area contributed by atoms with E-state index in [0.29, 0.717) is 5.84 Å². The molecule has 8 heavy (non-hydrogen) atoms. The third-order valence-corrected chi connectivity index (χ3v) is 0.557. The molecule has 0 rings (SSSR count). The van der Waals surface area contributed by atoms with Crippen molar-refractivity contribution in [2.75, 3.05) is 6.54 Å². The number of nitrogens with one attached hydrogen (secondary N) is 1. The van der Waals surface area contributed by atoms with Gasteiger partial charge < -0.3 is 11.6 Å². The van der Waals surface area contributed by atoms with Crippen molar-refractivity contribution in [1.29, 1.82) is 0 Å². The zero-order valence-electron chi connectivity index (χ0n) is 4.46. The van der Waals surface area contributed by atoms with Crippen molar-refractivity contribution in [3.8, 4) is 0 Å². The van der Waals surface area contributed by atoms with Crippen molar-refractivity contribution < 1.29 is 0 Å². The van der Waals surface area contributed by atoms with E-state index in [0.717, 1.165) is 0 Å². The zero-order chi connectivity index (χ0) is 6.41. The Kier molecular flexibility index (Phi) is 3.51. The van der Waals surface area contributed by atoms with Gasteiger partial charge in [0.15, 0.2) is 5.84 Å². The van der Waals surface area contributed by atoms with Gasteiger partial charge in [-0.05, 0) is 0 Å². The van der Waals surface area contributed by atoms with Crippen LogP contribution in [0.25, 0.3) is 0 Å². The van der Waals surface area contributed by atoms with Crippen molar-refractivity contribution in [1.82, 2.24) is 5.43 Å².